The number of nitrogens with zero attached hydrogens (tertiary/aromatic N) is 2. The smallest absolute Gasteiger partial charge is 0.269 e. The second kappa shape index (κ2) is 5.31. The molecular weight excluding hydrogens is 267 g/mol. The number of amides is 1. The zero-order valence-electron chi connectivity index (χ0n) is 10.5. The summed E-state index contributed by atoms with van der Waals surface area (Å²) in [5.41, 5.74) is 6.52. The molecule has 1 aromatic heterocycles. The zero-order chi connectivity index (χ0) is 14.0. The number of carbonyl (C=O) groups is 1. The molecule has 0 saturated heterocycles. The Kier molecular flexibility index (Phi) is 3.75. The van der Waals surface area contributed by atoms with Gasteiger partial charge in [0.15, 0.2) is 0 Å². The maximum absolute atomic E-state index is 13.0. The molecule has 100 valence electrons. The van der Waals surface area contributed by atoms with E-state index in [-0.39, 0.29) is 17.5 Å². The molecule has 2 rings (SSSR count). The first-order chi connectivity index (χ1) is 8.99. The predicted octanol–water partition coefficient (Wildman–Crippen LogP) is 2.64. The molecule has 1 heterocycles. The SMILES string of the molecule is CC(C)c1nnsc1C(=O)Nc1ccc(F)c(N)c1. The summed E-state index contributed by atoms with van der Waals surface area (Å²) in [4.78, 5) is 12.5. The molecule has 2 aromatic rings. The van der Waals surface area contributed by atoms with Crippen molar-refractivity contribution in [3.05, 3.63) is 34.6 Å². The van der Waals surface area contributed by atoms with E-state index in [1.807, 2.05) is 13.8 Å². The highest BCUT2D eigenvalue weighted by atomic mass is 32.1. The average Bonchev–Trinajstić information content (AvgIpc) is 2.83. The molecule has 1 amide bonds. The summed E-state index contributed by atoms with van der Waals surface area (Å²) < 4.78 is 16.8. The highest BCUT2D eigenvalue weighted by Crippen LogP contribution is 2.22. The van der Waals surface area contributed by atoms with Gasteiger partial charge in [0.25, 0.3) is 5.91 Å². The minimum atomic E-state index is -0.514. The minimum absolute atomic E-state index is 0.00990. The van der Waals surface area contributed by atoms with Crippen molar-refractivity contribution in [3.63, 3.8) is 0 Å². The highest BCUT2D eigenvalue weighted by Gasteiger charge is 2.18. The molecule has 0 fully saturated rings. The van der Waals surface area contributed by atoms with Crippen molar-refractivity contribution < 1.29 is 9.18 Å². The Balaban J connectivity index is 2.21. The van der Waals surface area contributed by atoms with Crippen LogP contribution in [0.25, 0.3) is 0 Å². The molecule has 1 aromatic carbocycles. The summed E-state index contributed by atoms with van der Waals surface area (Å²) in [6.07, 6.45) is 0. The number of nitrogens with one attached hydrogen (secondary N) is 1. The topological polar surface area (TPSA) is 80.9 Å². The average molecular weight is 280 g/mol. The third kappa shape index (κ3) is 2.87. The largest absolute Gasteiger partial charge is 0.396 e. The van der Waals surface area contributed by atoms with Crippen molar-refractivity contribution in [3.8, 4) is 0 Å². The summed E-state index contributed by atoms with van der Waals surface area (Å²) in [6, 6.07) is 4.03. The van der Waals surface area contributed by atoms with Gasteiger partial charge in [-0.3, -0.25) is 4.79 Å². The van der Waals surface area contributed by atoms with Crippen LogP contribution in [-0.4, -0.2) is 15.5 Å². The van der Waals surface area contributed by atoms with E-state index in [0.717, 1.165) is 11.5 Å². The van der Waals surface area contributed by atoms with Crippen LogP contribution in [0.5, 0.6) is 0 Å². The molecule has 0 unspecified atom stereocenters. The molecule has 5 nitrogen and oxygen atoms in total. The fraction of sp³-hybridized carbons (Fsp3) is 0.250. The molecular formula is C12H13FN4OS. The third-order valence-corrected chi connectivity index (χ3v) is 3.26. The number of rotatable bonds is 3. The third-order valence-electron chi connectivity index (χ3n) is 2.52. The van der Waals surface area contributed by atoms with Crippen molar-refractivity contribution in [2.75, 3.05) is 11.1 Å². The van der Waals surface area contributed by atoms with Crippen LogP contribution in [0.3, 0.4) is 0 Å². The number of hydrogen-bond donors (Lipinski definition) is 2. The van der Waals surface area contributed by atoms with Crippen LogP contribution in [0.1, 0.15) is 35.1 Å². The summed E-state index contributed by atoms with van der Waals surface area (Å²) in [5, 5.41) is 6.59. The molecule has 0 aliphatic carbocycles. The van der Waals surface area contributed by atoms with Gasteiger partial charge < -0.3 is 11.1 Å². The Bertz CT molecular complexity index is 612. The molecule has 0 aliphatic heterocycles. The molecule has 0 spiro atoms. The molecule has 0 bridgehead atoms. The monoisotopic (exact) mass is 280 g/mol. The van der Waals surface area contributed by atoms with Gasteiger partial charge in [-0.05, 0) is 35.6 Å². The quantitative estimate of drug-likeness (QED) is 0.847. The van der Waals surface area contributed by atoms with E-state index < -0.39 is 5.82 Å². The van der Waals surface area contributed by atoms with E-state index in [9.17, 15) is 9.18 Å². The van der Waals surface area contributed by atoms with Crippen molar-refractivity contribution in [2.24, 2.45) is 0 Å². The van der Waals surface area contributed by atoms with E-state index >= 15 is 0 Å². The molecule has 0 radical (unpaired) electrons. The Hall–Kier alpha value is -2.02. The van der Waals surface area contributed by atoms with Gasteiger partial charge in [-0.15, -0.1) is 5.10 Å². The van der Waals surface area contributed by atoms with Gasteiger partial charge in [-0.25, -0.2) is 4.39 Å². The standard InChI is InChI=1S/C12H13FN4OS/c1-6(2)10-11(19-17-16-10)12(18)15-7-3-4-8(13)9(14)5-7/h3-6H,14H2,1-2H3,(H,15,18). The van der Waals surface area contributed by atoms with Gasteiger partial charge in [0, 0.05) is 5.69 Å². The van der Waals surface area contributed by atoms with E-state index in [1.165, 1.54) is 18.2 Å². The van der Waals surface area contributed by atoms with Gasteiger partial charge in [-0.1, -0.05) is 18.3 Å². The number of anilines is 2. The fourth-order valence-electron chi connectivity index (χ4n) is 1.54. The Morgan fingerprint density at radius 1 is 1.47 bits per heavy atom. The van der Waals surface area contributed by atoms with Crippen LogP contribution in [-0.2, 0) is 0 Å². The predicted molar refractivity (Wildman–Crippen MR) is 72.8 cm³/mol. The van der Waals surface area contributed by atoms with Crippen LogP contribution in [0.15, 0.2) is 18.2 Å². The van der Waals surface area contributed by atoms with Gasteiger partial charge in [0.2, 0.25) is 0 Å². The summed E-state index contributed by atoms with van der Waals surface area (Å²) in [7, 11) is 0. The number of nitrogen functional groups attached to an aromatic ring is 1. The van der Waals surface area contributed by atoms with Crippen molar-refractivity contribution in [1.29, 1.82) is 0 Å². The molecule has 3 N–H and O–H groups in total. The second-order valence-electron chi connectivity index (χ2n) is 4.33. The van der Waals surface area contributed by atoms with Crippen LogP contribution in [0, 0.1) is 5.82 Å². The maximum Gasteiger partial charge on any atom is 0.269 e. The van der Waals surface area contributed by atoms with Crippen molar-refractivity contribution in [2.45, 2.75) is 19.8 Å². The Labute approximate surface area is 113 Å². The van der Waals surface area contributed by atoms with Crippen LogP contribution in [0.2, 0.25) is 0 Å². The first kappa shape index (κ1) is 13.4. The van der Waals surface area contributed by atoms with Crippen molar-refractivity contribution in [1.82, 2.24) is 9.59 Å². The Morgan fingerprint density at radius 2 is 2.21 bits per heavy atom. The number of hydrogen-bond acceptors (Lipinski definition) is 5. The molecule has 0 aliphatic rings. The lowest BCUT2D eigenvalue weighted by atomic mass is 10.1. The van der Waals surface area contributed by atoms with Crippen molar-refractivity contribution >= 4 is 28.8 Å². The molecule has 7 heteroatoms. The van der Waals surface area contributed by atoms with Gasteiger partial charge >= 0.3 is 0 Å². The normalized spacial score (nSPS) is 10.7. The van der Waals surface area contributed by atoms with E-state index in [4.69, 9.17) is 5.73 Å². The van der Waals surface area contributed by atoms with E-state index in [2.05, 4.69) is 14.9 Å². The van der Waals surface area contributed by atoms with Crippen LogP contribution >= 0.6 is 11.5 Å². The van der Waals surface area contributed by atoms with Crippen LogP contribution < -0.4 is 11.1 Å². The molecule has 0 atom stereocenters. The lowest BCUT2D eigenvalue weighted by Gasteiger charge is -2.07. The lowest BCUT2D eigenvalue weighted by molar-refractivity contribution is 0.102. The summed E-state index contributed by atoms with van der Waals surface area (Å²) in [6.45, 7) is 3.87. The number of carbonyl (C=O) groups excluding carboxylic acids is 1. The number of halogens is 1. The Morgan fingerprint density at radius 3 is 2.84 bits per heavy atom. The van der Waals surface area contributed by atoms with Gasteiger partial charge in [0.05, 0.1) is 11.4 Å². The first-order valence-electron chi connectivity index (χ1n) is 5.67. The lowest BCUT2D eigenvalue weighted by Crippen LogP contribution is -2.13. The number of nitrogens with two attached hydrogens (primary N) is 1. The second-order valence-corrected chi connectivity index (χ2v) is 5.09. The summed E-state index contributed by atoms with van der Waals surface area (Å²) in [5.74, 6) is -0.720. The van der Waals surface area contributed by atoms with Gasteiger partial charge in [-0.2, -0.15) is 0 Å². The first-order valence-corrected chi connectivity index (χ1v) is 6.45. The van der Waals surface area contributed by atoms with Gasteiger partial charge in [0.1, 0.15) is 10.7 Å². The minimum Gasteiger partial charge on any atom is -0.396 e. The molecule has 0 saturated carbocycles. The fourth-order valence-corrected chi connectivity index (χ4v) is 2.26. The molecule has 19 heavy (non-hydrogen) atoms. The number of aromatic nitrogens is 2. The highest BCUT2D eigenvalue weighted by molar-refractivity contribution is 7.08. The van der Waals surface area contributed by atoms with E-state index in [0.29, 0.717) is 16.3 Å². The summed E-state index contributed by atoms with van der Waals surface area (Å²) >= 11 is 1.03. The van der Waals surface area contributed by atoms with Crippen LogP contribution in [0.4, 0.5) is 15.8 Å². The van der Waals surface area contributed by atoms with E-state index in [1.54, 1.807) is 0 Å². The maximum atomic E-state index is 13.0. The zero-order valence-corrected chi connectivity index (χ0v) is 11.3. The number of benzene rings is 1.